The molecule has 2 atom stereocenters. The number of ketones is 1. The highest BCUT2D eigenvalue weighted by Gasteiger charge is 2.23. The molecule has 0 amide bonds. The Morgan fingerprint density at radius 1 is 1.43 bits per heavy atom. The average Bonchev–Trinajstić information content (AvgIpc) is 2.01. The van der Waals surface area contributed by atoms with E-state index in [0.29, 0.717) is 6.54 Å². The van der Waals surface area contributed by atoms with Crippen LogP contribution in [0.3, 0.4) is 0 Å². The molecule has 1 saturated heterocycles. The van der Waals surface area contributed by atoms with Crippen LogP contribution < -0.4 is 0 Å². The maximum atomic E-state index is 11.3. The second-order valence-electron chi connectivity index (χ2n) is 3.92. The molecule has 0 aromatic carbocycles. The van der Waals surface area contributed by atoms with Crippen molar-refractivity contribution in [3.05, 3.63) is 0 Å². The number of methoxy groups -OCH3 is 1. The van der Waals surface area contributed by atoms with Crippen LogP contribution >= 0.6 is 0 Å². The first-order chi connectivity index (χ1) is 6.61. The minimum Gasteiger partial charge on any atom is -0.377 e. The summed E-state index contributed by atoms with van der Waals surface area (Å²) in [5, 5.41) is 0. The average molecular weight is 201 g/mol. The highest BCUT2D eigenvalue weighted by molar-refractivity contribution is 5.81. The molecule has 1 aliphatic rings. The Morgan fingerprint density at radius 2 is 2.00 bits per heavy atom. The number of hydrogen-bond acceptors (Lipinski definition) is 4. The van der Waals surface area contributed by atoms with Crippen molar-refractivity contribution < 1.29 is 14.3 Å². The smallest absolute Gasteiger partial charge is 0.172 e. The number of morpholine rings is 1. The van der Waals surface area contributed by atoms with Gasteiger partial charge in [-0.25, -0.2) is 0 Å². The molecule has 0 radical (unpaired) electrons. The van der Waals surface area contributed by atoms with Crippen LogP contribution in [-0.2, 0) is 14.3 Å². The van der Waals surface area contributed by atoms with Gasteiger partial charge in [0.1, 0.15) is 6.61 Å². The van der Waals surface area contributed by atoms with Crippen molar-refractivity contribution in [1.29, 1.82) is 0 Å². The number of carbonyl (C=O) groups excluding carboxylic acids is 1. The lowest BCUT2D eigenvalue weighted by atomic mass is 10.2. The van der Waals surface area contributed by atoms with E-state index in [1.54, 1.807) is 7.11 Å². The van der Waals surface area contributed by atoms with Crippen molar-refractivity contribution in [2.75, 3.05) is 33.4 Å². The summed E-state index contributed by atoms with van der Waals surface area (Å²) >= 11 is 0. The standard InChI is InChI=1S/C10H19NO3/c1-8-4-11(5-9(2)14-8)6-10(12)7-13-3/h8-9H,4-7H2,1-3H3/t8-,9+. The summed E-state index contributed by atoms with van der Waals surface area (Å²) in [7, 11) is 1.54. The summed E-state index contributed by atoms with van der Waals surface area (Å²) in [6.45, 7) is 6.42. The van der Waals surface area contributed by atoms with E-state index in [1.807, 2.05) is 13.8 Å². The van der Waals surface area contributed by atoms with Crippen LogP contribution in [0.2, 0.25) is 0 Å². The third kappa shape index (κ3) is 3.74. The predicted octanol–water partition coefficient (Wildman–Crippen LogP) is 0.311. The Labute approximate surface area is 85.2 Å². The van der Waals surface area contributed by atoms with E-state index < -0.39 is 0 Å². The molecule has 4 heteroatoms. The summed E-state index contributed by atoms with van der Waals surface area (Å²) in [5.41, 5.74) is 0. The lowest BCUT2D eigenvalue weighted by Gasteiger charge is -2.34. The lowest BCUT2D eigenvalue weighted by molar-refractivity contribution is -0.127. The van der Waals surface area contributed by atoms with Gasteiger partial charge in [0.15, 0.2) is 5.78 Å². The number of carbonyl (C=O) groups is 1. The van der Waals surface area contributed by atoms with E-state index in [-0.39, 0.29) is 24.6 Å². The third-order valence-electron chi connectivity index (χ3n) is 2.20. The van der Waals surface area contributed by atoms with Crippen LogP contribution in [0.5, 0.6) is 0 Å². The SMILES string of the molecule is COCC(=O)CN1C[C@@H](C)O[C@@H](C)C1. The summed E-state index contributed by atoms with van der Waals surface area (Å²) < 4.78 is 10.4. The molecule has 0 unspecified atom stereocenters. The largest absolute Gasteiger partial charge is 0.377 e. The van der Waals surface area contributed by atoms with E-state index in [4.69, 9.17) is 9.47 Å². The number of ether oxygens (including phenoxy) is 2. The summed E-state index contributed by atoms with van der Waals surface area (Å²) in [6.07, 6.45) is 0.434. The minimum atomic E-state index is 0.133. The summed E-state index contributed by atoms with van der Waals surface area (Å²) in [6, 6.07) is 0. The zero-order valence-corrected chi connectivity index (χ0v) is 9.16. The fourth-order valence-corrected chi connectivity index (χ4v) is 1.87. The van der Waals surface area contributed by atoms with Gasteiger partial charge in [0.25, 0.3) is 0 Å². The van der Waals surface area contributed by atoms with Crippen molar-refractivity contribution in [2.24, 2.45) is 0 Å². The zero-order valence-electron chi connectivity index (χ0n) is 9.16. The first-order valence-electron chi connectivity index (χ1n) is 5.00. The fraction of sp³-hybridized carbons (Fsp3) is 0.900. The molecule has 14 heavy (non-hydrogen) atoms. The minimum absolute atomic E-state index is 0.133. The zero-order chi connectivity index (χ0) is 10.6. The van der Waals surface area contributed by atoms with Gasteiger partial charge in [0, 0.05) is 20.2 Å². The molecule has 0 saturated carbocycles. The van der Waals surface area contributed by atoms with Gasteiger partial charge in [0.2, 0.25) is 0 Å². The van der Waals surface area contributed by atoms with Gasteiger partial charge in [0.05, 0.1) is 18.8 Å². The van der Waals surface area contributed by atoms with Gasteiger partial charge in [-0.3, -0.25) is 9.69 Å². The van der Waals surface area contributed by atoms with Crippen molar-refractivity contribution in [2.45, 2.75) is 26.1 Å². The van der Waals surface area contributed by atoms with Gasteiger partial charge >= 0.3 is 0 Å². The number of rotatable bonds is 4. The van der Waals surface area contributed by atoms with E-state index in [2.05, 4.69) is 4.90 Å². The predicted molar refractivity (Wildman–Crippen MR) is 53.3 cm³/mol. The van der Waals surface area contributed by atoms with E-state index in [9.17, 15) is 4.79 Å². The molecule has 1 heterocycles. The van der Waals surface area contributed by atoms with Gasteiger partial charge in [-0.05, 0) is 13.8 Å². The van der Waals surface area contributed by atoms with Crippen LogP contribution in [0.1, 0.15) is 13.8 Å². The summed E-state index contributed by atoms with van der Waals surface area (Å²) in [5.74, 6) is 0.133. The normalized spacial score (nSPS) is 29.1. The number of hydrogen-bond donors (Lipinski definition) is 0. The second-order valence-corrected chi connectivity index (χ2v) is 3.92. The summed E-state index contributed by atoms with van der Waals surface area (Å²) in [4.78, 5) is 13.4. The molecule has 4 nitrogen and oxygen atoms in total. The van der Waals surface area contributed by atoms with E-state index >= 15 is 0 Å². The molecule has 82 valence electrons. The Bertz CT molecular complexity index is 186. The van der Waals surface area contributed by atoms with Crippen molar-refractivity contribution in [3.8, 4) is 0 Å². The molecule has 1 rings (SSSR count). The van der Waals surface area contributed by atoms with Crippen LogP contribution in [-0.4, -0.2) is 56.2 Å². The molecule has 1 aliphatic heterocycles. The third-order valence-corrected chi connectivity index (χ3v) is 2.20. The molecule has 0 aromatic rings. The van der Waals surface area contributed by atoms with Crippen LogP contribution in [0, 0.1) is 0 Å². The monoisotopic (exact) mass is 201 g/mol. The molecule has 0 bridgehead atoms. The molecule has 0 aliphatic carbocycles. The van der Waals surface area contributed by atoms with Crippen molar-refractivity contribution in [1.82, 2.24) is 4.90 Å². The maximum Gasteiger partial charge on any atom is 0.172 e. The first-order valence-corrected chi connectivity index (χ1v) is 5.00. The molecular formula is C10H19NO3. The molecule has 0 aromatic heterocycles. The maximum absolute atomic E-state index is 11.3. The molecule has 1 fully saturated rings. The molecule has 0 spiro atoms. The highest BCUT2D eigenvalue weighted by Crippen LogP contribution is 2.09. The van der Waals surface area contributed by atoms with Crippen LogP contribution in [0.15, 0.2) is 0 Å². The van der Waals surface area contributed by atoms with Crippen molar-refractivity contribution in [3.63, 3.8) is 0 Å². The van der Waals surface area contributed by atoms with Gasteiger partial charge < -0.3 is 9.47 Å². The fourth-order valence-electron chi connectivity index (χ4n) is 1.87. The lowest BCUT2D eigenvalue weighted by Crippen LogP contribution is -2.47. The van der Waals surface area contributed by atoms with Crippen molar-refractivity contribution >= 4 is 5.78 Å². The molecule has 0 N–H and O–H groups in total. The number of Topliss-reactive ketones (excluding diaryl/α,β-unsaturated/α-hetero) is 1. The number of nitrogens with zero attached hydrogens (tertiary/aromatic N) is 1. The van der Waals surface area contributed by atoms with Gasteiger partial charge in [-0.15, -0.1) is 0 Å². The second kappa shape index (κ2) is 5.44. The van der Waals surface area contributed by atoms with E-state index in [1.165, 1.54) is 0 Å². The Hall–Kier alpha value is -0.450. The quantitative estimate of drug-likeness (QED) is 0.656. The Balaban J connectivity index is 2.33. The Morgan fingerprint density at radius 3 is 2.50 bits per heavy atom. The highest BCUT2D eigenvalue weighted by atomic mass is 16.5. The first kappa shape index (κ1) is 11.6. The van der Waals surface area contributed by atoms with E-state index in [0.717, 1.165) is 13.1 Å². The van der Waals surface area contributed by atoms with Gasteiger partial charge in [-0.2, -0.15) is 0 Å². The van der Waals surface area contributed by atoms with Gasteiger partial charge in [-0.1, -0.05) is 0 Å². The van der Waals surface area contributed by atoms with Crippen LogP contribution in [0.25, 0.3) is 0 Å². The van der Waals surface area contributed by atoms with Crippen LogP contribution in [0.4, 0.5) is 0 Å². The Kier molecular flexibility index (Phi) is 4.51. The molecular weight excluding hydrogens is 182 g/mol. The topological polar surface area (TPSA) is 38.8 Å².